The van der Waals surface area contributed by atoms with Crippen LogP contribution in [0.5, 0.6) is 5.88 Å². The van der Waals surface area contributed by atoms with Gasteiger partial charge in [-0.2, -0.15) is 18.3 Å². The number of carbonyl (C=O) groups is 2. The molecule has 5 rings (SSSR count). The van der Waals surface area contributed by atoms with Crippen molar-refractivity contribution in [3.63, 3.8) is 0 Å². The van der Waals surface area contributed by atoms with Crippen molar-refractivity contribution >= 4 is 23.5 Å². The van der Waals surface area contributed by atoms with Gasteiger partial charge in [-0.05, 0) is 43.7 Å². The number of aromatic amines is 1. The monoisotopic (exact) mass is 633 g/mol. The second-order valence-electron chi connectivity index (χ2n) is 10.4. The van der Waals surface area contributed by atoms with Crippen LogP contribution >= 0.6 is 0 Å². The number of alkyl halides is 3. The molecule has 45 heavy (non-hydrogen) atoms. The molecule has 16 heteroatoms. The van der Waals surface area contributed by atoms with Crippen molar-refractivity contribution in [1.29, 1.82) is 0 Å². The van der Waals surface area contributed by atoms with Gasteiger partial charge in [0, 0.05) is 25.2 Å². The quantitative estimate of drug-likeness (QED) is 0.178. The molecule has 0 spiro atoms. The van der Waals surface area contributed by atoms with E-state index in [4.69, 9.17) is 4.74 Å². The lowest BCUT2D eigenvalue weighted by Gasteiger charge is -2.21. The molecule has 0 bridgehead atoms. The molecule has 1 unspecified atom stereocenters. The summed E-state index contributed by atoms with van der Waals surface area (Å²) in [6, 6.07) is 11.1. The first-order valence-electron chi connectivity index (χ1n) is 13.7. The summed E-state index contributed by atoms with van der Waals surface area (Å²) in [5.41, 5.74) is 2.12. The van der Waals surface area contributed by atoms with Crippen molar-refractivity contribution in [2.45, 2.75) is 38.1 Å². The number of hydrogen-bond acceptors (Lipinski definition) is 7. The van der Waals surface area contributed by atoms with Gasteiger partial charge in [-0.15, -0.1) is 5.10 Å². The lowest BCUT2D eigenvalue weighted by molar-refractivity contribution is -0.205. The molecule has 1 saturated heterocycles. The van der Waals surface area contributed by atoms with Crippen LogP contribution in [0.4, 0.5) is 38.3 Å². The van der Waals surface area contributed by atoms with Gasteiger partial charge in [0.2, 0.25) is 5.88 Å². The Morgan fingerprint density at radius 1 is 1.09 bits per heavy atom. The molecule has 4 aromatic rings. The van der Waals surface area contributed by atoms with Gasteiger partial charge in [0.25, 0.3) is 0 Å². The average molecular weight is 634 g/mol. The number of carbonyl (C=O) groups excluding carboxylic acids is 2. The number of hydrogen-bond donors (Lipinski definition) is 3. The standard InChI is InChI=1S/C29H28F5N7O4/c1-16(45-27(42)29(32,33)34)15-44-26-17(2)25(41(39-26)19-6-4-3-5-7-19)38-28(43)37-24-14-40(20-11-35-36-12-20)13-21(24)18-8-9-22(30)23(31)10-18/h3-12,16,21,24H,13-15H2,1-2H3,(H,35,36)(H2,37,38,43)/t16?,21-,24+/m0/s1. The van der Waals surface area contributed by atoms with Crippen molar-refractivity contribution in [1.82, 2.24) is 25.3 Å². The normalized spacial score (nSPS) is 17.2. The van der Waals surface area contributed by atoms with Crippen LogP contribution in [0.3, 0.4) is 0 Å². The van der Waals surface area contributed by atoms with Crippen molar-refractivity contribution in [3.05, 3.63) is 83.7 Å². The Bertz CT molecular complexity index is 1650. The van der Waals surface area contributed by atoms with E-state index in [0.29, 0.717) is 29.9 Å². The SMILES string of the molecule is Cc1c(OCC(C)OC(=O)C(F)(F)F)nn(-c2ccccc2)c1NC(=O)N[C@@H]1CN(c2cn[nH]c2)C[C@H]1c1ccc(F)c(F)c1. The number of anilines is 2. The maximum absolute atomic E-state index is 14.2. The van der Waals surface area contributed by atoms with Gasteiger partial charge in [0.1, 0.15) is 18.5 Å². The van der Waals surface area contributed by atoms with E-state index in [-0.39, 0.29) is 11.7 Å². The first-order chi connectivity index (χ1) is 21.4. The van der Waals surface area contributed by atoms with E-state index >= 15 is 0 Å². The number of esters is 1. The molecule has 3 atom stereocenters. The first kappa shape index (κ1) is 31.3. The van der Waals surface area contributed by atoms with Gasteiger partial charge in [-0.25, -0.2) is 23.1 Å². The summed E-state index contributed by atoms with van der Waals surface area (Å²) in [4.78, 5) is 26.6. The molecule has 238 valence electrons. The number of para-hydroxylation sites is 1. The summed E-state index contributed by atoms with van der Waals surface area (Å²) < 4.78 is 76.9. The number of nitrogens with zero attached hydrogens (tertiary/aromatic N) is 4. The molecular weight excluding hydrogens is 605 g/mol. The smallest absolute Gasteiger partial charge is 0.472 e. The second kappa shape index (κ2) is 12.8. The summed E-state index contributed by atoms with van der Waals surface area (Å²) in [6.45, 7) is 3.09. The third-order valence-corrected chi connectivity index (χ3v) is 7.16. The maximum Gasteiger partial charge on any atom is 0.490 e. The summed E-state index contributed by atoms with van der Waals surface area (Å²) in [5.74, 6) is -4.57. The number of halogens is 5. The molecule has 0 aliphatic carbocycles. The minimum absolute atomic E-state index is 0.0178. The highest BCUT2D eigenvalue weighted by Gasteiger charge is 2.42. The Balaban J connectivity index is 1.36. The van der Waals surface area contributed by atoms with Crippen LogP contribution < -0.4 is 20.3 Å². The molecular formula is C29H28F5N7O4. The van der Waals surface area contributed by atoms with Gasteiger partial charge in [-0.1, -0.05) is 24.3 Å². The zero-order valence-electron chi connectivity index (χ0n) is 23.9. The van der Waals surface area contributed by atoms with E-state index in [1.165, 1.54) is 17.7 Å². The number of rotatable bonds is 9. The molecule has 1 aliphatic heterocycles. The van der Waals surface area contributed by atoms with Gasteiger partial charge >= 0.3 is 18.2 Å². The molecule has 2 aromatic carbocycles. The van der Waals surface area contributed by atoms with Gasteiger partial charge in [-0.3, -0.25) is 10.4 Å². The van der Waals surface area contributed by atoms with E-state index in [0.717, 1.165) is 17.8 Å². The largest absolute Gasteiger partial charge is 0.490 e. The highest BCUT2D eigenvalue weighted by molar-refractivity contribution is 5.90. The van der Waals surface area contributed by atoms with Crippen molar-refractivity contribution in [3.8, 4) is 11.6 Å². The van der Waals surface area contributed by atoms with Crippen LogP contribution in [-0.2, 0) is 9.53 Å². The third kappa shape index (κ3) is 7.16. The number of amides is 2. The second-order valence-corrected chi connectivity index (χ2v) is 10.4. The molecule has 3 heterocycles. The van der Waals surface area contributed by atoms with Crippen LogP contribution in [0.15, 0.2) is 60.9 Å². The summed E-state index contributed by atoms with van der Waals surface area (Å²) in [6.07, 6.45) is -3.12. The molecule has 2 aromatic heterocycles. The Morgan fingerprint density at radius 2 is 1.84 bits per heavy atom. The van der Waals surface area contributed by atoms with Crippen molar-refractivity contribution in [2.24, 2.45) is 0 Å². The molecule has 0 saturated carbocycles. The summed E-state index contributed by atoms with van der Waals surface area (Å²) in [7, 11) is 0. The van der Waals surface area contributed by atoms with Gasteiger partial charge in [0.05, 0.1) is 29.2 Å². The van der Waals surface area contributed by atoms with Crippen LogP contribution in [-0.4, -0.2) is 70.0 Å². The predicted molar refractivity (Wildman–Crippen MR) is 151 cm³/mol. The van der Waals surface area contributed by atoms with E-state index < -0.39 is 54.5 Å². The van der Waals surface area contributed by atoms with Crippen LogP contribution in [0, 0.1) is 18.6 Å². The topological polar surface area (TPSA) is 126 Å². The molecule has 2 amide bonds. The number of benzene rings is 2. The third-order valence-electron chi connectivity index (χ3n) is 7.16. The Morgan fingerprint density at radius 3 is 2.51 bits per heavy atom. The Kier molecular flexibility index (Phi) is 8.92. The van der Waals surface area contributed by atoms with Crippen LogP contribution in [0.2, 0.25) is 0 Å². The van der Waals surface area contributed by atoms with Crippen molar-refractivity contribution < 1.29 is 41.0 Å². The number of ether oxygens (including phenoxy) is 2. The number of aromatic nitrogens is 4. The van der Waals surface area contributed by atoms with Crippen molar-refractivity contribution in [2.75, 3.05) is 29.9 Å². The van der Waals surface area contributed by atoms with Crippen LogP contribution in [0.25, 0.3) is 5.69 Å². The first-order valence-corrected chi connectivity index (χ1v) is 13.7. The number of urea groups is 1. The lowest BCUT2D eigenvalue weighted by Crippen LogP contribution is -2.42. The number of nitrogens with one attached hydrogen (secondary N) is 3. The molecule has 0 radical (unpaired) electrons. The van der Waals surface area contributed by atoms with E-state index in [1.54, 1.807) is 49.6 Å². The average Bonchev–Trinajstić information content (AvgIpc) is 3.74. The maximum atomic E-state index is 14.2. The molecule has 1 fully saturated rings. The molecule has 3 N–H and O–H groups in total. The Hall–Kier alpha value is -5.15. The highest BCUT2D eigenvalue weighted by atomic mass is 19.4. The van der Waals surface area contributed by atoms with Gasteiger partial charge < -0.3 is 19.7 Å². The summed E-state index contributed by atoms with van der Waals surface area (Å²) in [5, 5.41) is 16.8. The lowest BCUT2D eigenvalue weighted by atomic mass is 9.94. The zero-order valence-corrected chi connectivity index (χ0v) is 23.9. The van der Waals surface area contributed by atoms with E-state index in [2.05, 4.69) is 30.7 Å². The molecule has 1 aliphatic rings. The Labute approximate surface area is 253 Å². The zero-order chi connectivity index (χ0) is 32.3. The number of H-pyrrole nitrogens is 1. The highest BCUT2D eigenvalue weighted by Crippen LogP contribution is 2.33. The van der Waals surface area contributed by atoms with Crippen LogP contribution in [0.1, 0.15) is 24.0 Å². The predicted octanol–water partition coefficient (Wildman–Crippen LogP) is 4.85. The minimum Gasteiger partial charge on any atom is -0.472 e. The van der Waals surface area contributed by atoms with Gasteiger partial charge in [0.15, 0.2) is 11.6 Å². The van der Waals surface area contributed by atoms with E-state index in [9.17, 15) is 31.5 Å². The minimum atomic E-state index is -5.15. The summed E-state index contributed by atoms with van der Waals surface area (Å²) >= 11 is 0. The van der Waals surface area contributed by atoms with E-state index in [1.807, 2.05) is 4.90 Å². The fourth-order valence-electron chi connectivity index (χ4n) is 4.97. The molecule has 11 nitrogen and oxygen atoms in total. The fraction of sp³-hybridized carbons (Fsp3) is 0.310. The fourth-order valence-corrected chi connectivity index (χ4v) is 4.97.